The standard InChI is InChI=1S/C29H38O6/c1-22(2)8-6-9-23(3)16-17-33-25-14-12-24(13-15-25)10-7-11-27-28(30)18-26(34-20-31-4)19-29(27)35-21-32-5/h7-8,10,12-16,18-19,30H,6,9,11,17,20-21H2,1-5H3/b10-7+,23-16+. The van der Waals surface area contributed by atoms with Gasteiger partial charge < -0.3 is 28.8 Å². The summed E-state index contributed by atoms with van der Waals surface area (Å²) in [5, 5.41) is 10.5. The predicted octanol–water partition coefficient (Wildman–Crippen LogP) is 6.69. The first-order valence-electron chi connectivity index (χ1n) is 11.7. The molecule has 0 saturated heterocycles. The smallest absolute Gasteiger partial charge is 0.188 e. The molecule has 190 valence electrons. The highest BCUT2D eigenvalue weighted by Crippen LogP contribution is 2.34. The van der Waals surface area contributed by atoms with E-state index in [1.165, 1.54) is 18.3 Å². The van der Waals surface area contributed by atoms with Gasteiger partial charge in [0, 0.05) is 31.9 Å². The van der Waals surface area contributed by atoms with Gasteiger partial charge in [-0.2, -0.15) is 0 Å². The van der Waals surface area contributed by atoms with E-state index in [1.807, 2.05) is 36.4 Å². The van der Waals surface area contributed by atoms with Gasteiger partial charge >= 0.3 is 0 Å². The Morgan fingerprint density at radius 2 is 1.57 bits per heavy atom. The number of methoxy groups -OCH3 is 2. The van der Waals surface area contributed by atoms with Crippen LogP contribution in [0.3, 0.4) is 0 Å². The lowest BCUT2D eigenvalue weighted by molar-refractivity contribution is 0.0453. The summed E-state index contributed by atoms with van der Waals surface area (Å²) in [7, 11) is 3.08. The van der Waals surface area contributed by atoms with Crippen LogP contribution in [0.15, 0.2) is 65.8 Å². The Labute approximate surface area is 209 Å². The first-order chi connectivity index (χ1) is 16.9. The number of allylic oxidation sites excluding steroid dienone is 4. The van der Waals surface area contributed by atoms with Gasteiger partial charge in [0.2, 0.25) is 0 Å². The lowest BCUT2D eigenvalue weighted by atomic mass is 10.1. The summed E-state index contributed by atoms with van der Waals surface area (Å²) < 4.78 is 26.8. The molecule has 0 aliphatic heterocycles. The predicted molar refractivity (Wildman–Crippen MR) is 140 cm³/mol. The summed E-state index contributed by atoms with van der Waals surface area (Å²) in [5.41, 5.74) is 4.36. The quantitative estimate of drug-likeness (QED) is 0.225. The van der Waals surface area contributed by atoms with Crippen molar-refractivity contribution >= 4 is 6.08 Å². The third-order valence-electron chi connectivity index (χ3n) is 5.12. The topological polar surface area (TPSA) is 66.4 Å². The maximum absolute atomic E-state index is 10.5. The molecule has 0 saturated carbocycles. The van der Waals surface area contributed by atoms with E-state index in [4.69, 9.17) is 23.7 Å². The summed E-state index contributed by atoms with van der Waals surface area (Å²) in [5.74, 6) is 1.87. The van der Waals surface area contributed by atoms with Crippen molar-refractivity contribution in [2.24, 2.45) is 0 Å². The first kappa shape index (κ1) is 28.0. The van der Waals surface area contributed by atoms with Crippen LogP contribution in [0.25, 0.3) is 6.08 Å². The molecule has 0 unspecified atom stereocenters. The van der Waals surface area contributed by atoms with Gasteiger partial charge in [-0.1, -0.05) is 41.5 Å². The maximum atomic E-state index is 10.5. The van der Waals surface area contributed by atoms with Gasteiger partial charge in [-0.25, -0.2) is 0 Å². The molecule has 0 atom stereocenters. The fourth-order valence-corrected chi connectivity index (χ4v) is 3.23. The molecule has 0 amide bonds. The van der Waals surface area contributed by atoms with Crippen molar-refractivity contribution in [2.75, 3.05) is 34.4 Å². The molecule has 0 fully saturated rings. The molecule has 0 bridgehead atoms. The van der Waals surface area contributed by atoms with Crippen LogP contribution >= 0.6 is 0 Å². The third kappa shape index (κ3) is 10.7. The monoisotopic (exact) mass is 482 g/mol. The number of hydrogen-bond acceptors (Lipinski definition) is 6. The molecule has 0 aliphatic rings. The van der Waals surface area contributed by atoms with Crippen molar-refractivity contribution < 1.29 is 28.8 Å². The number of phenols is 1. The highest BCUT2D eigenvalue weighted by molar-refractivity contribution is 5.55. The van der Waals surface area contributed by atoms with Crippen LogP contribution in [0.5, 0.6) is 23.0 Å². The average molecular weight is 483 g/mol. The molecule has 0 spiro atoms. The Bertz CT molecular complexity index is 985. The molecule has 0 radical (unpaired) electrons. The number of phenolic OH excluding ortho intramolecular Hbond substituents is 1. The normalized spacial score (nSPS) is 11.5. The minimum atomic E-state index is 0.0650. The van der Waals surface area contributed by atoms with Crippen molar-refractivity contribution in [3.8, 4) is 23.0 Å². The number of hydrogen-bond donors (Lipinski definition) is 1. The van der Waals surface area contributed by atoms with Gasteiger partial charge in [0.25, 0.3) is 0 Å². The molecular formula is C29H38O6. The minimum absolute atomic E-state index is 0.0650. The summed E-state index contributed by atoms with van der Waals surface area (Å²) in [6.45, 7) is 7.08. The van der Waals surface area contributed by atoms with Crippen molar-refractivity contribution in [3.63, 3.8) is 0 Å². The third-order valence-corrected chi connectivity index (χ3v) is 5.12. The van der Waals surface area contributed by atoms with Crippen molar-refractivity contribution in [3.05, 3.63) is 76.9 Å². The van der Waals surface area contributed by atoms with Gasteiger partial charge in [-0.3, -0.25) is 0 Å². The van der Waals surface area contributed by atoms with Crippen LogP contribution in [-0.2, 0) is 15.9 Å². The zero-order chi connectivity index (χ0) is 25.5. The SMILES string of the molecule is COCOc1cc(O)c(C/C=C/c2ccc(OC/C=C(\C)CCC=C(C)C)cc2)c(OCOC)c1. The molecule has 0 aliphatic carbocycles. The maximum Gasteiger partial charge on any atom is 0.188 e. The second-order valence-corrected chi connectivity index (χ2v) is 8.38. The average Bonchev–Trinajstić information content (AvgIpc) is 2.83. The Kier molecular flexibility index (Phi) is 12.5. The van der Waals surface area contributed by atoms with Crippen LogP contribution in [0.4, 0.5) is 0 Å². The van der Waals surface area contributed by atoms with Crippen LogP contribution in [0.1, 0.15) is 44.7 Å². The highest BCUT2D eigenvalue weighted by Gasteiger charge is 2.12. The molecule has 2 aromatic rings. The van der Waals surface area contributed by atoms with E-state index in [0.717, 1.165) is 24.2 Å². The minimum Gasteiger partial charge on any atom is -0.507 e. The Morgan fingerprint density at radius 1 is 0.857 bits per heavy atom. The van der Waals surface area contributed by atoms with Crippen molar-refractivity contribution in [2.45, 2.75) is 40.0 Å². The largest absolute Gasteiger partial charge is 0.507 e. The fraction of sp³-hybridized carbons (Fsp3) is 0.379. The lowest BCUT2D eigenvalue weighted by Gasteiger charge is -2.14. The van der Waals surface area contributed by atoms with Crippen LogP contribution in [-0.4, -0.2) is 39.5 Å². The van der Waals surface area contributed by atoms with Gasteiger partial charge in [0.05, 0.1) is 0 Å². The van der Waals surface area contributed by atoms with E-state index in [1.54, 1.807) is 19.2 Å². The zero-order valence-corrected chi connectivity index (χ0v) is 21.5. The van der Waals surface area contributed by atoms with Gasteiger partial charge in [0.1, 0.15) is 29.6 Å². The Balaban J connectivity index is 1.94. The molecule has 0 aromatic heterocycles. The van der Waals surface area contributed by atoms with Gasteiger partial charge in [-0.05, 0) is 63.8 Å². The Morgan fingerprint density at radius 3 is 2.26 bits per heavy atom. The Hall–Kier alpha value is -3.22. The number of rotatable bonds is 15. The summed E-state index contributed by atoms with van der Waals surface area (Å²) in [6, 6.07) is 11.2. The van der Waals surface area contributed by atoms with Crippen molar-refractivity contribution in [1.29, 1.82) is 0 Å². The van der Waals surface area contributed by atoms with Crippen LogP contribution in [0.2, 0.25) is 0 Å². The number of aromatic hydroxyl groups is 1. The van der Waals surface area contributed by atoms with E-state index in [0.29, 0.717) is 30.1 Å². The number of benzene rings is 2. The lowest BCUT2D eigenvalue weighted by Crippen LogP contribution is -2.04. The van der Waals surface area contributed by atoms with Crippen molar-refractivity contribution in [1.82, 2.24) is 0 Å². The van der Waals surface area contributed by atoms with Gasteiger partial charge in [0.15, 0.2) is 13.6 Å². The van der Waals surface area contributed by atoms with E-state index >= 15 is 0 Å². The van der Waals surface area contributed by atoms with Gasteiger partial charge in [-0.15, -0.1) is 0 Å². The van der Waals surface area contributed by atoms with E-state index in [9.17, 15) is 5.11 Å². The molecule has 6 heteroatoms. The van der Waals surface area contributed by atoms with Crippen LogP contribution in [0, 0.1) is 0 Å². The fourth-order valence-electron chi connectivity index (χ4n) is 3.23. The zero-order valence-electron chi connectivity index (χ0n) is 21.5. The summed E-state index contributed by atoms with van der Waals surface area (Å²) in [6.07, 6.45) is 10.9. The second-order valence-electron chi connectivity index (χ2n) is 8.38. The molecule has 6 nitrogen and oxygen atoms in total. The van der Waals surface area contributed by atoms with E-state index in [-0.39, 0.29) is 19.3 Å². The molecule has 35 heavy (non-hydrogen) atoms. The molecular weight excluding hydrogens is 444 g/mol. The van der Waals surface area contributed by atoms with Crippen LogP contribution < -0.4 is 14.2 Å². The molecule has 2 rings (SSSR count). The number of ether oxygens (including phenoxy) is 5. The highest BCUT2D eigenvalue weighted by atomic mass is 16.7. The summed E-state index contributed by atoms with van der Waals surface area (Å²) in [4.78, 5) is 0. The second kappa shape index (κ2) is 15.6. The first-order valence-corrected chi connectivity index (χ1v) is 11.7. The molecule has 0 heterocycles. The molecule has 1 N–H and O–H groups in total. The van der Waals surface area contributed by atoms with E-state index in [2.05, 4.69) is 32.9 Å². The molecule has 2 aromatic carbocycles. The summed E-state index contributed by atoms with van der Waals surface area (Å²) >= 11 is 0. The van der Waals surface area contributed by atoms with E-state index < -0.39 is 0 Å².